The van der Waals surface area contributed by atoms with Gasteiger partial charge in [-0.15, -0.1) is 0 Å². The Labute approximate surface area is 178 Å². The number of hydrogen-bond donors (Lipinski definition) is 0. The summed E-state index contributed by atoms with van der Waals surface area (Å²) in [6.07, 6.45) is 0.350. The highest BCUT2D eigenvalue weighted by atomic mass is 32.2. The van der Waals surface area contributed by atoms with Crippen molar-refractivity contribution in [1.29, 1.82) is 0 Å². The van der Waals surface area contributed by atoms with Gasteiger partial charge in [0.2, 0.25) is 8.32 Å². The van der Waals surface area contributed by atoms with Gasteiger partial charge in [0.05, 0.1) is 11.7 Å². The fourth-order valence-corrected chi connectivity index (χ4v) is 4.62. The third-order valence-corrected chi connectivity index (χ3v) is 5.83. The number of para-hydroxylation sites is 1. The van der Waals surface area contributed by atoms with Crippen molar-refractivity contribution in [3.05, 3.63) is 96.6 Å². The van der Waals surface area contributed by atoms with Crippen LogP contribution in [0.15, 0.2) is 95.9 Å². The first-order valence-electron chi connectivity index (χ1n) is 9.76. The van der Waals surface area contributed by atoms with Gasteiger partial charge in [-0.2, -0.15) is 0 Å². The molecule has 0 N–H and O–H groups in total. The maximum Gasteiger partial charge on any atom is 0.220 e. The molecule has 0 saturated heterocycles. The van der Waals surface area contributed by atoms with Gasteiger partial charge in [0, 0.05) is 11.3 Å². The maximum atomic E-state index is 13.0. The van der Waals surface area contributed by atoms with E-state index in [2.05, 4.69) is 31.8 Å². The van der Waals surface area contributed by atoms with Crippen LogP contribution in [-0.2, 0) is 9.32 Å². The molecule has 1 atom stereocenters. The van der Waals surface area contributed by atoms with Gasteiger partial charge in [-0.05, 0) is 49.5 Å². The van der Waals surface area contributed by atoms with Crippen LogP contribution in [0.5, 0.6) is 0 Å². The molecule has 5 heteroatoms. The molecule has 3 aromatic rings. The summed E-state index contributed by atoms with van der Waals surface area (Å²) in [4.78, 5) is 13.9. The minimum Gasteiger partial charge on any atom is -0.320 e. The van der Waals surface area contributed by atoms with E-state index in [0.717, 1.165) is 16.1 Å². The lowest BCUT2D eigenvalue weighted by Gasteiger charge is -2.37. The minimum absolute atomic E-state index is 0.116. The molecule has 0 radical (unpaired) electrons. The lowest BCUT2D eigenvalue weighted by molar-refractivity contribution is -0.111. The largest absolute Gasteiger partial charge is 0.320 e. The van der Waals surface area contributed by atoms with Crippen molar-refractivity contribution in [2.75, 3.05) is 5.06 Å². The van der Waals surface area contributed by atoms with Crippen LogP contribution in [0.1, 0.15) is 18.0 Å². The van der Waals surface area contributed by atoms with Gasteiger partial charge in [-0.3, -0.25) is 9.86 Å². The topological polar surface area (TPSA) is 29.5 Å². The Morgan fingerprint density at radius 2 is 1.38 bits per heavy atom. The fraction of sp³-hybridized carbons (Fsp3) is 0.208. The Bertz CT molecular complexity index is 898. The summed E-state index contributed by atoms with van der Waals surface area (Å²) in [6, 6.07) is 29.8. The number of hydrogen-bond acceptors (Lipinski definition) is 4. The summed E-state index contributed by atoms with van der Waals surface area (Å²) in [5.41, 5.74) is 2.03. The maximum absolute atomic E-state index is 13.0. The summed E-state index contributed by atoms with van der Waals surface area (Å²) < 4.78 is 6.50. The van der Waals surface area contributed by atoms with E-state index >= 15 is 0 Å². The van der Waals surface area contributed by atoms with Crippen molar-refractivity contribution in [2.45, 2.75) is 37.0 Å². The lowest BCUT2D eigenvalue weighted by atomic mass is 10.0. The molecule has 3 aromatic carbocycles. The second kappa shape index (κ2) is 9.92. The molecule has 29 heavy (non-hydrogen) atoms. The number of nitrogens with zero attached hydrogens (tertiary/aromatic N) is 1. The third-order valence-electron chi connectivity index (χ3n) is 4.19. The molecule has 150 valence electrons. The Kier molecular flexibility index (Phi) is 7.31. The van der Waals surface area contributed by atoms with Gasteiger partial charge in [0.1, 0.15) is 0 Å². The molecular weight excluding hydrogens is 394 g/mol. The first-order valence-corrected chi connectivity index (χ1v) is 14.0. The molecule has 0 aliphatic rings. The predicted octanol–water partition coefficient (Wildman–Crippen LogP) is 6.71. The highest BCUT2D eigenvalue weighted by Crippen LogP contribution is 2.34. The molecule has 0 aliphatic carbocycles. The lowest BCUT2D eigenvalue weighted by Crippen LogP contribution is -2.40. The highest BCUT2D eigenvalue weighted by Gasteiger charge is 2.29. The Morgan fingerprint density at radius 3 is 1.93 bits per heavy atom. The SMILES string of the molecule is C[Si](C)(C)ON(c1ccccc1)C(CC(=O)Sc1ccccc1)c1ccccc1. The van der Waals surface area contributed by atoms with Gasteiger partial charge in [0.15, 0.2) is 5.12 Å². The Balaban J connectivity index is 1.93. The van der Waals surface area contributed by atoms with Crippen molar-refractivity contribution in [1.82, 2.24) is 0 Å². The second-order valence-electron chi connectivity index (χ2n) is 7.78. The standard InChI is InChI=1S/C24H27NO2SSi/c1-29(2,3)27-25(21-15-9-5-10-16-21)23(20-13-7-4-8-14-20)19-24(26)28-22-17-11-6-12-18-22/h4-18,23H,19H2,1-3H3. The van der Waals surface area contributed by atoms with E-state index in [4.69, 9.17) is 4.53 Å². The smallest absolute Gasteiger partial charge is 0.220 e. The Hall–Kier alpha value is -2.34. The summed E-state index contributed by atoms with van der Waals surface area (Å²) in [5, 5.41) is 2.07. The molecule has 0 fully saturated rings. The van der Waals surface area contributed by atoms with Crippen LogP contribution in [0.3, 0.4) is 0 Å². The van der Waals surface area contributed by atoms with Crippen LogP contribution in [0.2, 0.25) is 19.6 Å². The number of hydroxylamine groups is 1. The van der Waals surface area contributed by atoms with Gasteiger partial charge in [-0.1, -0.05) is 78.5 Å². The van der Waals surface area contributed by atoms with Gasteiger partial charge in [0.25, 0.3) is 0 Å². The zero-order valence-electron chi connectivity index (χ0n) is 17.1. The van der Waals surface area contributed by atoms with Gasteiger partial charge < -0.3 is 4.53 Å². The molecule has 3 nitrogen and oxygen atoms in total. The molecule has 0 amide bonds. The first kappa shape index (κ1) is 21.4. The normalized spacial score (nSPS) is 12.4. The number of thioether (sulfide) groups is 1. The number of benzene rings is 3. The number of carbonyl (C=O) groups excluding carboxylic acids is 1. The summed E-state index contributed by atoms with van der Waals surface area (Å²) in [7, 11) is -1.92. The Morgan fingerprint density at radius 1 is 0.862 bits per heavy atom. The zero-order chi connectivity index (χ0) is 20.7. The third kappa shape index (κ3) is 6.60. The quantitative estimate of drug-likeness (QED) is 0.230. The van der Waals surface area contributed by atoms with E-state index in [0.29, 0.717) is 6.42 Å². The molecule has 3 rings (SSSR count). The van der Waals surface area contributed by atoms with Crippen LogP contribution in [0.25, 0.3) is 0 Å². The fourth-order valence-electron chi connectivity index (χ4n) is 3.00. The van der Waals surface area contributed by atoms with Crippen molar-refractivity contribution in [3.8, 4) is 0 Å². The molecular formula is C24H27NO2SSi. The number of anilines is 1. The molecule has 0 heterocycles. The van der Waals surface area contributed by atoms with E-state index in [1.54, 1.807) is 0 Å². The predicted molar refractivity (Wildman–Crippen MR) is 124 cm³/mol. The van der Waals surface area contributed by atoms with Crippen LogP contribution in [-0.4, -0.2) is 13.4 Å². The second-order valence-corrected chi connectivity index (χ2v) is 13.3. The van der Waals surface area contributed by atoms with Crippen molar-refractivity contribution in [2.24, 2.45) is 0 Å². The molecule has 0 spiro atoms. The average molecular weight is 422 g/mol. The van der Waals surface area contributed by atoms with E-state index in [9.17, 15) is 4.79 Å². The monoisotopic (exact) mass is 421 g/mol. The van der Waals surface area contributed by atoms with E-state index in [1.165, 1.54) is 11.8 Å². The van der Waals surface area contributed by atoms with E-state index < -0.39 is 8.32 Å². The first-order chi connectivity index (χ1) is 13.9. The van der Waals surface area contributed by atoms with Crippen LogP contribution in [0, 0.1) is 0 Å². The summed E-state index contributed by atoms with van der Waals surface area (Å²) in [6.45, 7) is 6.47. The molecule has 0 saturated carbocycles. The summed E-state index contributed by atoms with van der Waals surface area (Å²) in [5.74, 6) is 0. The zero-order valence-corrected chi connectivity index (χ0v) is 18.9. The van der Waals surface area contributed by atoms with E-state index in [1.807, 2.05) is 83.9 Å². The van der Waals surface area contributed by atoms with Gasteiger partial charge in [-0.25, -0.2) is 0 Å². The van der Waals surface area contributed by atoms with Crippen molar-refractivity contribution in [3.63, 3.8) is 0 Å². The van der Waals surface area contributed by atoms with Crippen LogP contribution < -0.4 is 5.06 Å². The van der Waals surface area contributed by atoms with E-state index in [-0.39, 0.29) is 11.2 Å². The minimum atomic E-state index is -1.92. The molecule has 0 bridgehead atoms. The molecule has 0 aliphatic heterocycles. The molecule has 1 unspecified atom stereocenters. The highest BCUT2D eigenvalue weighted by molar-refractivity contribution is 8.13. The van der Waals surface area contributed by atoms with Crippen LogP contribution in [0.4, 0.5) is 5.69 Å². The van der Waals surface area contributed by atoms with Crippen molar-refractivity contribution >= 4 is 30.9 Å². The average Bonchev–Trinajstić information content (AvgIpc) is 2.72. The van der Waals surface area contributed by atoms with Gasteiger partial charge >= 0.3 is 0 Å². The van der Waals surface area contributed by atoms with Crippen molar-refractivity contribution < 1.29 is 9.32 Å². The number of carbonyl (C=O) groups is 1. The van der Waals surface area contributed by atoms with Crippen LogP contribution >= 0.6 is 11.8 Å². The summed E-state index contributed by atoms with van der Waals surface area (Å²) >= 11 is 1.29. The number of rotatable bonds is 8. The molecule has 0 aromatic heterocycles.